The predicted octanol–water partition coefficient (Wildman–Crippen LogP) is 1.14. The average Bonchev–Trinajstić information content (AvgIpc) is 2.38. The molecular formula is C12H14ClN3O4S2. The lowest BCUT2D eigenvalue weighted by molar-refractivity contribution is 0.597. The maximum absolute atomic E-state index is 12.2. The second-order valence-electron chi connectivity index (χ2n) is 4.21. The summed E-state index contributed by atoms with van der Waals surface area (Å²) in [4.78, 5) is -0.162. The first-order valence-electron chi connectivity index (χ1n) is 5.70. The number of para-hydroxylation sites is 1. The number of nitrogen functional groups attached to an aromatic ring is 1. The highest BCUT2D eigenvalue weighted by Crippen LogP contribution is 2.21. The molecule has 2 rings (SSSR count). The molecule has 7 nitrogen and oxygen atoms in total. The van der Waals surface area contributed by atoms with Crippen LogP contribution in [0.4, 0.5) is 11.4 Å². The summed E-state index contributed by atoms with van der Waals surface area (Å²) in [6.45, 7) is 0. The van der Waals surface area contributed by atoms with E-state index in [0.717, 1.165) is 0 Å². The molecule has 2 aromatic rings. The minimum absolute atomic E-state index is 0. The van der Waals surface area contributed by atoms with Gasteiger partial charge in [-0.15, -0.1) is 12.4 Å². The molecule has 0 saturated carbocycles. The molecule has 0 fully saturated rings. The van der Waals surface area contributed by atoms with Gasteiger partial charge in [0.15, 0.2) is 0 Å². The number of benzene rings is 2. The molecule has 0 bridgehead atoms. The summed E-state index contributed by atoms with van der Waals surface area (Å²) < 4.78 is 48.9. The van der Waals surface area contributed by atoms with Crippen molar-refractivity contribution in [3.8, 4) is 0 Å². The van der Waals surface area contributed by atoms with Gasteiger partial charge in [-0.3, -0.25) is 4.72 Å². The van der Waals surface area contributed by atoms with Gasteiger partial charge in [-0.2, -0.15) is 0 Å². The second-order valence-corrected chi connectivity index (χ2v) is 7.42. The van der Waals surface area contributed by atoms with Gasteiger partial charge in [-0.1, -0.05) is 12.1 Å². The van der Waals surface area contributed by atoms with Crippen LogP contribution in [0, 0.1) is 0 Å². The Balaban J connectivity index is 0.00000242. The maximum Gasteiger partial charge on any atom is 0.263 e. The number of halogens is 1. The molecule has 10 heteroatoms. The van der Waals surface area contributed by atoms with Gasteiger partial charge in [0.2, 0.25) is 10.0 Å². The largest absolute Gasteiger partial charge is 0.398 e. The summed E-state index contributed by atoms with van der Waals surface area (Å²) in [5.41, 5.74) is 5.94. The Bertz CT molecular complexity index is 865. The molecule has 0 spiro atoms. The van der Waals surface area contributed by atoms with Crippen LogP contribution in [-0.2, 0) is 20.0 Å². The summed E-state index contributed by atoms with van der Waals surface area (Å²) in [7, 11) is -7.67. The van der Waals surface area contributed by atoms with Crippen molar-refractivity contribution >= 4 is 43.8 Å². The van der Waals surface area contributed by atoms with Crippen molar-refractivity contribution in [2.24, 2.45) is 5.14 Å². The van der Waals surface area contributed by atoms with Crippen molar-refractivity contribution < 1.29 is 16.8 Å². The lowest BCUT2D eigenvalue weighted by Crippen LogP contribution is -2.15. The van der Waals surface area contributed by atoms with Crippen molar-refractivity contribution in [3.05, 3.63) is 48.5 Å². The van der Waals surface area contributed by atoms with Gasteiger partial charge in [0, 0.05) is 5.69 Å². The Hall–Kier alpha value is -1.81. The summed E-state index contributed by atoms with van der Waals surface area (Å²) in [6.07, 6.45) is 0. The Morgan fingerprint density at radius 1 is 0.864 bits per heavy atom. The molecule has 2 aromatic carbocycles. The lowest BCUT2D eigenvalue weighted by atomic mass is 10.3. The van der Waals surface area contributed by atoms with Crippen molar-refractivity contribution in [1.82, 2.24) is 0 Å². The average molecular weight is 364 g/mol. The Labute approximate surface area is 134 Å². The molecule has 120 valence electrons. The normalized spacial score (nSPS) is 11.5. The van der Waals surface area contributed by atoms with Crippen LogP contribution in [0.2, 0.25) is 0 Å². The molecule has 22 heavy (non-hydrogen) atoms. The van der Waals surface area contributed by atoms with E-state index in [1.54, 1.807) is 12.1 Å². The van der Waals surface area contributed by atoms with E-state index >= 15 is 0 Å². The van der Waals surface area contributed by atoms with Crippen LogP contribution in [0.15, 0.2) is 58.3 Å². The van der Waals surface area contributed by atoms with Gasteiger partial charge in [0.05, 0.1) is 10.6 Å². The molecule has 0 aromatic heterocycles. The number of anilines is 2. The molecule has 0 aliphatic heterocycles. The van der Waals surface area contributed by atoms with Gasteiger partial charge in [-0.05, 0) is 36.4 Å². The number of nitrogens with one attached hydrogen (secondary N) is 1. The molecular weight excluding hydrogens is 350 g/mol. The third kappa shape index (κ3) is 4.10. The summed E-state index contributed by atoms with van der Waals surface area (Å²) in [6, 6.07) is 11.0. The van der Waals surface area contributed by atoms with Crippen molar-refractivity contribution in [2.75, 3.05) is 10.5 Å². The molecule has 0 atom stereocenters. The molecule has 0 saturated heterocycles. The fourth-order valence-electron chi connectivity index (χ4n) is 1.65. The number of primary sulfonamides is 1. The summed E-state index contributed by atoms with van der Waals surface area (Å²) in [5.74, 6) is 0. The van der Waals surface area contributed by atoms with E-state index in [-0.39, 0.29) is 33.6 Å². The molecule has 0 aliphatic rings. The van der Waals surface area contributed by atoms with Gasteiger partial charge in [0.1, 0.15) is 4.90 Å². The minimum atomic E-state index is -3.85. The van der Waals surface area contributed by atoms with Gasteiger partial charge >= 0.3 is 0 Å². The van der Waals surface area contributed by atoms with E-state index < -0.39 is 20.0 Å². The van der Waals surface area contributed by atoms with Gasteiger partial charge in [0.25, 0.3) is 10.0 Å². The predicted molar refractivity (Wildman–Crippen MR) is 86.7 cm³/mol. The molecule has 0 unspecified atom stereocenters. The number of hydrogen-bond acceptors (Lipinski definition) is 5. The highest BCUT2D eigenvalue weighted by molar-refractivity contribution is 7.93. The maximum atomic E-state index is 12.2. The van der Waals surface area contributed by atoms with Crippen LogP contribution in [0.5, 0.6) is 0 Å². The Morgan fingerprint density at radius 3 is 1.91 bits per heavy atom. The Morgan fingerprint density at radius 2 is 1.41 bits per heavy atom. The second kappa shape index (κ2) is 6.53. The zero-order chi connectivity index (χ0) is 15.7. The fraction of sp³-hybridized carbons (Fsp3) is 0. The van der Waals surface area contributed by atoms with Gasteiger partial charge < -0.3 is 5.73 Å². The van der Waals surface area contributed by atoms with E-state index in [1.165, 1.54) is 36.4 Å². The van der Waals surface area contributed by atoms with Crippen LogP contribution in [0.25, 0.3) is 0 Å². The minimum Gasteiger partial charge on any atom is -0.398 e. The lowest BCUT2D eigenvalue weighted by Gasteiger charge is -2.10. The zero-order valence-electron chi connectivity index (χ0n) is 11.1. The van der Waals surface area contributed by atoms with Crippen LogP contribution < -0.4 is 15.6 Å². The monoisotopic (exact) mass is 363 g/mol. The summed E-state index contributed by atoms with van der Waals surface area (Å²) >= 11 is 0. The van der Waals surface area contributed by atoms with Gasteiger partial charge in [-0.25, -0.2) is 22.0 Å². The molecule has 5 N–H and O–H groups in total. The Kier molecular flexibility index (Phi) is 5.41. The zero-order valence-corrected chi connectivity index (χ0v) is 13.6. The SMILES string of the molecule is Cl.Nc1ccccc1S(=O)(=O)Nc1ccc(S(N)(=O)=O)cc1. The topological polar surface area (TPSA) is 132 Å². The van der Waals surface area contributed by atoms with Crippen molar-refractivity contribution in [2.45, 2.75) is 9.79 Å². The fourth-order valence-corrected chi connectivity index (χ4v) is 3.36. The highest BCUT2D eigenvalue weighted by atomic mass is 35.5. The first kappa shape index (κ1) is 18.2. The number of sulfonamides is 2. The van der Waals surface area contributed by atoms with Crippen molar-refractivity contribution in [3.63, 3.8) is 0 Å². The smallest absolute Gasteiger partial charge is 0.263 e. The van der Waals surface area contributed by atoms with E-state index in [9.17, 15) is 16.8 Å². The third-order valence-corrected chi connectivity index (χ3v) is 5.03. The van der Waals surface area contributed by atoms with E-state index in [2.05, 4.69) is 4.72 Å². The third-order valence-electron chi connectivity index (χ3n) is 2.64. The molecule has 0 amide bonds. The van der Waals surface area contributed by atoms with E-state index in [0.29, 0.717) is 0 Å². The molecule has 0 heterocycles. The van der Waals surface area contributed by atoms with Crippen LogP contribution in [0.3, 0.4) is 0 Å². The summed E-state index contributed by atoms with van der Waals surface area (Å²) in [5, 5.41) is 4.96. The quantitative estimate of drug-likeness (QED) is 0.700. The van der Waals surface area contributed by atoms with Crippen LogP contribution in [0.1, 0.15) is 0 Å². The molecule has 0 radical (unpaired) electrons. The standard InChI is InChI=1S/C12H13N3O4S2.ClH/c13-11-3-1-2-4-12(11)21(18,19)15-9-5-7-10(8-6-9)20(14,16)17;/h1-8,15H,13H2,(H2,14,16,17);1H. The first-order valence-corrected chi connectivity index (χ1v) is 8.73. The first-order chi connectivity index (χ1) is 9.70. The molecule has 0 aliphatic carbocycles. The van der Waals surface area contributed by atoms with Crippen LogP contribution >= 0.6 is 12.4 Å². The van der Waals surface area contributed by atoms with Crippen LogP contribution in [-0.4, -0.2) is 16.8 Å². The van der Waals surface area contributed by atoms with E-state index in [4.69, 9.17) is 10.9 Å². The van der Waals surface area contributed by atoms with Crippen molar-refractivity contribution in [1.29, 1.82) is 0 Å². The number of rotatable bonds is 4. The number of hydrogen-bond donors (Lipinski definition) is 3. The number of nitrogens with two attached hydrogens (primary N) is 2. The van der Waals surface area contributed by atoms with E-state index in [1.807, 2.05) is 0 Å². The highest BCUT2D eigenvalue weighted by Gasteiger charge is 2.17.